The number of carbonyl (C=O) groups excluding carboxylic acids is 3. The van der Waals surface area contributed by atoms with Gasteiger partial charge in [-0.2, -0.15) is 132 Å². The van der Waals surface area contributed by atoms with Gasteiger partial charge in [-0.3, -0.25) is 14.5 Å². The Labute approximate surface area is 383 Å². The van der Waals surface area contributed by atoms with Gasteiger partial charge in [0.1, 0.15) is 11.5 Å². The third-order valence-corrected chi connectivity index (χ3v) is 10.6. The van der Waals surface area contributed by atoms with Crippen molar-refractivity contribution in [2.24, 2.45) is 11.8 Å². The summed E-state index contributed by atoms with van der Waals surface area (Å²) in [7, 11) is 0. The SMILES string of the molecule is C=C(Oc1ccc(C(C)CC2C(=O)N(c3ccc(OC(=O)C(F)(F)C(F)(F)C(F)(F)C(F)(F)C(F)(F)C(F)(F)C(F)(F)F)cc3)C(=O)C2C)cc1)C(F)(F)C(F)(F)C(F)(F)C(F)(F)C(F)(F)C(F)(F)C(F)(F)F. The van der Waals surface area contributed by atoms with Gasteiger partial charge < -0.3 is 9.47 Å². The minimum absolute atomic E-state index is 0.0528. The highest BCUT2D eigenvalue weighted by molar-refractivity contribution is 6.21. The number of ether oxygens (including phenoxy) is 2. The summed E-state index contributed by atoms with van der Waals surface area (Å²) < 4.78 is 414. The number of carbonyl (C=O) groups is 3. The van der Waals surface area contributed by atoms with Crippen LogP contribution in [-0.2, 0) is 14.4 Å². The predicted molar refractivity (Wildman–Crippen MR) is 178 cm³/mol. The van der Waals surface area contributed by atoms with Crippen molar-refractivity contribution in [2.45, 2.75) is 110 Å². The molecule has 0 aromatic heterocycles. The first-order valence-corrected chi connectivity index (χ1v) is 18.4. The van der Waals surface area contributed by atoms with Crippen molar-refractivity contribution in [2.75, 3.05) is 4.90 Å². The van der Waals surface area contributed by atoms with Gasteiger partial charge in [-0.25, -0.2) is 4.79 Å². The molecule has 1 fully saturated rings. The van der Waals surface area contributed by atoms with E-state index in [0.29, 0.717) is 24.3 Å². The summed E-state index contributed by atoms with van der Waals surface area (Å²) in [6, 6.07) is 3.80. The van der Waals surface area contributed by atoms with Gasteiger partial charge in [-0.15, -0.1) is 0 Å². The maximum absolute atomic E-state index is 14.5. The number of allylic oxidation sites excluding steroid dienone is 1. The Hall–Kier alpha value is -5.51. The Morgan fingerprint density at radius 1 is 0.479 bits per heavy atom. The lowest BCUT2D eigenvalue weighted by Gasteiger charge is -2.41. The number of nitrogens with zero attached hydrogens (tertiary/aromatic N) is 1. The van der Waals surface area contributed by atoms with Crippen LogP contribution in [0.4, 0.5) is 137 Å². The molecule has 1 heterocycles. The molecule has 0 N–H and O–H groups in total. The van der Waals surface area contributed by atoms with Gasteiger partial charge in [0, 0.05) is 5.92 Å². The number of hydrogen-bond donors (Lipinski definition) is 0. The van der Waals surface area contributed by atoms with E-state index >= 15 is 0 Å². The second-order valence-corrected chi connectivity index (χ2v) is 15.4. The van der Waals surface area contributed by atoms with E-state index in [1.807, 2.05) is 0 Å². The van der Waals surface area contributed by atoms with Crippen LogP contribution >= 0.6 is 0 Å². The number of halogens is 30. The Kier molecular flexibility index (Phi) is 15.3. The zero-order valence-corrected chi connectivity index (χ0v) is 34.6. The van der Waals surface area contributed by atoms with Crippen LogP contribution in [0.25, 0.3) is 0 Å². The quantitative estimate of drug-likeness (QED) is 0.0461. The number of benzene rings is 2. The van der Waals surface area contributed by atoms with Crippen molar-refractivity contribution in [1.82, 2.24) is 0 Å². The molecule has 0 aliphatic carbocycles. The number of rotatable bonds is 19. The van der Waals surface area contributed by atoms with E-state index in [1.165, 1.54) is 6.92 Å². The van der Waals surface area contributed by atoms with Crippen LogP contribution < -0.4 is 14.4 Å². The Morgan fingerprint density at radius 3 is 1.16 bits per heavy atom. The number of anilines is 1. The lowest BCUT2D eigenvalue weighted by atomic mass is 9.85. The minimum Gasteiger partial charge on any atom is -0.456 e. The monoisotopic (exact) mass is 1130 g/mol. The van der Waals surface area contributed by atoms with Crippen molar-refractivity contribution in [3.05, 3.63) is 66.4 Å². The lowest BCUT2D eigenvalue weighted by Crippen LogP contribution is -2.73. The standard InChI is InChI=1S/C37H21F30NO5/c1-13(16-4-8-18(9-5-16)72-15(3)24(38,39)26(42,43)28(46,47)30(50,51)32(54,55)34(58,59)36(62,63)64)12-20-14(2)21(69)68(22(20)70)17-6-10-19(11-7-17)73-23(71)25(40,41)27(44,45)29(48,49)31(52,53)33(56,57)35(60,61)37(65,66)67/h4-11,13-14,20H,3,12H2,1-2H3. The van der Waals surface area contributed by atoms with E-state index in [0.717, 1.165) is 19.1 Å². The van der Waals surface area contributed by atoms with E-state index in [1.54, 1.807) is 0 Å². The molecule has 2 amide bonds. The van der Waals surface area contributed by atoms with Gasteiger partial charge in [0.15, 0.2) is 5.76 Å². The Balaban J connectivity index is 1.78. The van der Waals surface area contributed by atoms with Gasteiger partial charge in [-0.05, 0) is 54.3 Å². The number of amides is 2. The Bertz CT molecular complexity index is 2410. The van der Waals surface area contributed by atoms with E-state index in [2.05, 4.69) is 16.1 Å². The fourth-order valence-electron chi connectivity index (χ4n) is 6.08. The molecule has 2 aromatic carbocycles. The summed E-state index contributed by atoms with van der Waals surface area (Å²) in [6.07, 6.45) is -16.2. The smallest absolute Gasteiger partial charge is 0.456 e. The van der Waals surface area contributed by atoms with E-state index in [4.69, 9.17) is 0 Å². The van der Waals surface area contributed by atoms with Gasteiger partial charge >= 0.3 is 89.4 Å². The Morgan fingerprint density at radius 2 is 0.795 bits per heavy atom. The molecule has 0 spiro atoms. The summed E-state index contributed by atoms with van der Waals surface area (Å²) in [5, 5.41) is 0. The second-order valence-electron chi connectivity index (χ2n) is 15.4. The number of imide groups is 1. The highest BCUT2D eigenvalue weighted by Gasteiger charge is 2.95. The molecule has 3 unspecified atom stereocenters. The third-order valence-electron chi connectivity index (χ3n) is 10.6. The van der Waals surface area contributed by atoms with Crippen molar-refractivity contribution in [1.29, 1.82) is 0 Å². The first kappa shape index (κ1) is 61.8. The number of alkyl halides is 30. The van der Waals surface area contributed by atoms with Crippen molar-refractivity contribution in [3.63, 3.8) is 0 Å². The molecule has 3 rings (SSSR count). The third kappa shape index (κ3) is 9.08. The van der Waals surface area contributed by atoms with Gasteiger partial charge in [-0.1, -0.05) is 32.6 Å². The summed E-state index contributed by atoms with van der Waals surface area (Å²) in [5.41, 5.74) is -0.700. The zero-order chi connectivity index (χ0) is 57.7. The molecule has 73 heavy (non-hydrogen) atoms. The summed E-state index contributed by atoms with van der Waals surface area (Å²) >= 11 is 0. The number of hydrogen-bond acceptors (Lipinski definition) is 5. The molecule has 0 saturated carbocycles. The average Bonchev–Trinajstić information content (AvgIpc) is 3.44. The maximum atomic E-state index is 14.5. The predicted octanol–water partition coefficient (Wildman–Crippen LogP) is 13.6. The van der Waals surface area contributed by atoms with Gasteiger partial charge in [0.25, 0.3) is 0 Å². The molecule has 6 nitrogen and oxygen atoms in total. The normalized spacial score (nSPS) is 18.5. The molecule has 0 bridgehead atoms. The molecular formula is C37H21F30NO5. The minimum atomic E-state index is -8.72. The summed E-state index contributed by atoms with van der Waals surface area (Å²) in [6.45, 7) is 4.39. The van der Waals surface area contributed by atoms with Crippen LogP contribution in [0.1, 0.15) is 31.7 Å². The maximum Gasteiger partial charge on any atom is 0.460 e. The fraction of sp³-hybridized carbons (Fsp3) is 0.541. The van der Waals surface area contributed by atoms with Crippen molar-refractivity contribution >= 4 is 23.5 Å². The van der Waals surface area contributed by atoms with Crippen LogP contribution in [0.15, 0.2) is 60.9 Å². The zero-order valence-electron chi connectivity index (χ0n) is 34.6. The van der Waals surface area contributed by atoms with Crippen molar-refractivity contribution < 1.29 is 156 Å². The van der Waals surface area contributed by atoms with E-state index < -0.39 is 148 Å². The molecule has 0 radical (unpaired) electrons. The molecule has 1 aliphatic heterocycles. The lowest BCUT2D eigenvalue weighted by molar-refractivity contribution is -0.451. The largest absolute Gasteiger partial charge is 0.460 e. The van der Waals surface area contributed by atoms with E-state index in [9.17, 15) is 146 Å². The first-order chi connectivity index (χ1) is 32.1. The van der Waals surface area contributed by atoms with Crippen molar-refractivity contribution in [3.8, 4) is 11.5 Å². The molecular weight excluding hydrogens is 1110 g/mol. The highest BCUT2D eigenvalue weighted by Crippen LogP contribution is 2.65. The van der Waals surface area contributed by atoms with Gasteiger partial charge in [0.2, 0.25) is 11.8 Å². The van der Waals surface area contributed by atoms with Crippen LogP contribution in [0.3, 0.4) is 0 Å². The molecule has 1 saturated heterocycles. The molecule has 1 aliphatic rings. The molecule has 414 valence electrons. The molecule has 36 heteroatoms. The topological polar surface area (TPSA) is 72.9 Å². The van der Waals surface area contributed by atoms with Crippen LogP contribution in [0.5, 0.6) is 11.5 Å². The summed E-state index contributed by atoms with van der Waals surface area (Å²) in [5.74, 6) is -115. The van der Waals surface area contributed by atoms with E-state index in [-0.39, 0.29) is 22.6 Å². The number of esters is 1. The average molecular weight is 1130 g/mol. The summed E-state index contributed by atoms with van der Waals surface area (Å²) in [4.78, 5) is 38.5. The molecule has 3 atom stereocenters. The van der Waals surface area contributed by atoms with Crippen LogP contribution in [0.2, 0.25) is 0 Å². The van der Waals surface area contributed by atoms with Gasteiger partial charge in [0.05, 0.1) is 11.6 Å². The fourth-order valence-corrected chi connectivity index (χ4v) is 6.08. The second kappa shape index (κ2) is 18.1. The van der Waals surface area contributed by atoms with Crippen LogP contribution in [0, 0.1) is 11.8 Å². The van der Waals surface area contributed by atoms with Crippen LogP contribution in [-0.4, -0.2) is 101 Å². The first-order valence-electron chi connectivity index (χ1n) is 18.4. The molecule has 2 aromatic rings. The highest BCUT2D eigenvalue weighted by atomic mass is 19.4.